The molecule has 3 aromatic heterocycles. The molecule has 9 nitrogen and oxygen atoms in total. The first kappa shape index (κ1) is 23.3. The van der Waals surface area contributed by atoms with Crippen LogP contribution in [0.2, 0.25) is 10.0 Å². The molecule has 0 spiro atoms. The Morgan fingerprint density at radius 3 is 1.74 bits per heavy atom. The third kappa shape index (κ3) is 4.04. The predicted molar refractivity (Wildman–Crippen MR) is 139 cm³/mol. The minimum atomic E-state index is 0.423. The van der Waals surface area contributed by atoms with E-state index in [9.17, 15) is 0 Å². The van der Waals surface area contributed by atoms with Gasteiger partial charge in [0, 0.05) is 31.1 Å². The molecule has 4 heterocycles. The number of hydrogen-bond donors (Lipinski definition) is 0. The van der Waals surface area contributed by atoms with Gasteiger partial charge in [-0.3, -0.25) is 0 Å². The van der Waals surface area contributed by atoms with E-state index >= 15 is 0 Å². The molecule has 0 unspecified atom stereocenters. The molecular weight excluding hydrogens is 485 g/mol. The van der Waals surface area contributed by atoms with E-state index in [0.29, 0.717) is 27.8 Å². The minimum Gasteiger partial charge on any atom is -0.329 e. The molecule has 5 rings (SSSR count). The zero-order valence-electron chi connectivity index (χ0n) is 20.4. The normalized spacial score (nSPS) is 14.3. The Morgan fingerprint density at radius 2 is 1.29 bits per heavy atom. The summed E-state index contributed by atoms with van der Waals surface area (Å²) in [5.74, 6) is 2.22. The predicted octanol–water partition coefficient (Wildman–Crippen LogP) is 5.06. The van der Waals surface area contributed by atoms with Gasteiger partial charge < -0.3 is 9.80 Å². The fourth-order valence-corrected chi connectivity index (χ4v) is 4.66. The van der Waals surface area contributed by atoms with Crippen molar-refractivity contribution in [2.24, 2.45) is 0 Å². The number of nitrogens with zero attached hydrogens (tertiary/aromatic N) is 9. The molecule has 1 aliphatic heterocycles. The maximum atomic E-state index is 6.33. The van der Waals surface area contributed by atoms with Gasteiger partial charge in [0.15, 0.2) is 5.82 Å². The molecule has 0 amide bonds. The van der Waals surface area contributed by atoms with E-state index in [1.54, 1.807) is 9.36 Å². The first-order valence-electron chi connectivity index (χ1n) is 11.2. The summed E-state index contributed by atoms with van der Waals surface area (Å²) in [6.45, 7) is 10.6. The summed E-state index contributed by atoms with van der Waals surface area (Å²) in [6.07, 6.45) is 1.93. The van der Waals surface area contributed by atoms with E-state index in [-0.39, 0.29) is 0 Å². The smallest absolute Gasteiger partial charge is 0.256 e. The fraction of sp³-hybridized carbons (Fsp3) is 0.292. The number of rotatable bonds is 4. The maximum absolute atomic E-state index is 6.33. The molecule has 0 atom stereocenters. The molecule has 0 radical (unpaired) electrons. The Morgan fingerprint density at radius 1 is 0.771 bits per heavy atom. The SMILES string of the molecule is CCN1/C(=C\c2nc(-n3nc(C)cc3C)nc(-n3nc(C)cc3C)n2)N(C)c2cc(Cl)c(Cl)cc21. The highest BCUT2D eigenvalue weighted by atomic mass is 35.5. The van der Waals surface area contributed by atoms with Crippen LogP contribution in [0.15, 0.2) is 30.1 Å². The van der Waals surface area contributed by atoms with E-state index in [4.69, 9.17) is 38.2 Å². The molecule has 0 N–H and O–H groups in total. The lowest BCUT2D eigenvalue weighted by Crippen LogP contribution is -2.25. The molecule has 0 bridgehead atoms. The van der Waals surface area contributed by atoms with E-state index in [1.165, 1.54) is 0 Å². The van der Waals surface area contributed by atoms with Gasteiger partial charge >= 0.3 is 0 Å². The van der Waals surface area contributed by atoms with Crippen LogP contribution < -0.4 is 9.80 Å². The Balaban J connectivity index is 1.69. The van der Waals surface area contributed by atoms with Gasteiger partial charge in [-0.1, -0.05) is 23.2 Å². The molecule has 0 aliphatic carbocycles. The molecule has 1 aliphatic rings. The Labute approximate surface area is 213 Å². The van der Waals surface area contributed by atoms with Crippen molar-refractivity contribution in [1.29, 1.82) is 0 Å². The lowest BCUT2D eigenvalue weighted by atomic mass is 10.2. The average Bonchev–Trinajstić information content (AvgIpc) is 3.41. The Bertz CT molecular complexity index is 1420. The first-order chi connectivity index (χ1) is 16.7. The standard InChI is InChI=1S/C24H25Cl2N9/c1-7-33-20-11-18(26)17(25)10-19(20)32(6)22(33)12-21-27-23(34-15(4)8-13(2)30-34)29-24(28-21)35-16(5)9-14(3)31-35/h8-12H,7H2,1-6H3/b22-12-. The molecule has 0 saturated carbocycles. The van der Waals surface area contributed by atoms with Crippen LogP contribution >= 0.6 is 23.2 Å². The summed E-state index contributed by atoms with van der Waals surface area (Å²) in [5.41, 5.74) is 5.55. The highest BCUT2D eigenvalue weighted by molar-refractivity contribution is 6.42. The van der Waals surface area contributed by atoms with Crippen molar-refractivity contribution < 1.29 is 0 Å². The van der Waals surface area contributed by atoms with E-state index in [1.807, 2.05) is 65.1 Å². The zero-order chi connectivity index (χ0) is 25.0. The summed E-state index contributed by atoms with van der Waals surface area (Å²) in [4.78, 5) is 18.4. The first-order valence-corrected chi connectivity index (χ1v) is 12.0. The summed E-state index contributed by atoms with van der Waals surface area (Å²) in [7, 11) is 1.98. The summed E-state index contributed by atoms with van der Waals surface area (Å²) >= 11 is 12.7. The van der Waals surface area contributed by atoms with Gasteiger partial charge in [-0.15, -0.1) is 0 Å². The highest BCUT2D eigenvalue weighted by Gasteiger charge is 2.29. The van der Waals surface area contributed by atoms with Crippen molar-refractivity contribution in [3.63, 3.8) is 0 Å². The van der Waals surface area contributed by atoms with Gasteiger partial charge in [0.1, 0.15) is 5.82 Å². The van der Waals surface area contributed by atoms with Gasteiger partial charge in [0.2, 0.25) is 0 Å². The highest BCUT2D eigenvalue weighted by Crippen LogP contribution is 2.45. The number of hydrogen-bond acceptors (Lipinski definition) is 7. The monoisotopic (exact) mass is 509 g/mol. The van der Waals surface area contributed by atoms with E-state index in [2.05, 4.69) is 26.9 Å². The van der Waals surface area contributed by atoms with Crippen molar-refractivity contribution in [2.75, 3.05) is 23.4 Å². The van der Waals surface area contributed by atoms with Crippen molar-refractivity contribution in [1.82, 2.24) is 34.5 Å². The van der Waals surface area contributed by atoms with Crippen molar-refractivity contribution in [2.45, 2.75) is 34.6 Å². The molecule has 1 aromatic carbocycles. The topological polar surface area (TPSA) is 80.8 Å². The second-order valence-electron chi connectivity index (χ2n) is 8.53. The second kappa shape index (κ2) is 8.66. The second-order valence-corrected chi connectivity index (χ2v) is 9.35. The number of fused-ring (bicyclic) bond motifs is 1. The van der Waals surface area contributed by atoms with Gasteiger partial charge in [-0.2, -0.15) is 25.1 Å². The summed E-state index contributed by atoms with van der Waals surface area (Å²) in [5, 5.41) is 10.2. The van der Waals surface area contributed by atoms with E-state index in [0.717, 1.165) is 46.5 Å². The maximum Gasteiger partial charge on any atom is 0.256 e. The van der Waals surface area contributed by atoms with Gasteiger partial charge in [-0.05, 0) is 58.9 Å². The zero-order valence-corrected chi connectivity index (χ0v) is 21.9. The molecular formula is C24H25Cl2N9. The molecule has 0 saturated heterocycles. The number of aromatic nitrogens is 7. The van der Waals surface area contributed by atoms with Crippen LogP contribution in [0.4, 0.5) is 11.4 Å². The summed E-state index contributed by atoms with van der Waals surface area (Å²) in [6, 6.07) is 7.73. The van der Waals surface area contributed by atoms with E-state index < -0.39 is 0 Å². The van der Waals surface area contributed by atoms with Gasteiger partial charge in [0.25, 0.3) is 11.9 Å². The van der Waals surface area contributed by atoms with Crippen molar-refractivity contribution in [3.05, 3.63) is 68.7 Å². The van der Waals surface area contributed by atoms with Crippen LogP contribution in [0.1, 0.15) is 35.5 Å². The lowest BCUT2D eigenvalue weighted by Gasteiger charge is -2.21. The van der Waals surface area contributed by atoms with Crippen LogP contribution in [0.5, 0.6) is 0 Å². The molecule has 4 aromatic rings. The summed E-state index contributed by atoms with van der Waals surface area (Å²) < 4.78 is 3.44. The number of aryl methyl sites for hydroxylation is 4. The third-order valence-electron chi connectivity index (χ3n) is 5.89. The van der Waals surface area contributed by atoms with Crippen LogP contribution in [0.25, 0.3) is 18.0 Å². The van der Waals surface area contributed by atoms with Crippen LogP contribution in [0, 0.1) is 27.7 Å². The lowest BCUT2D eigenvalue weighted by molar-refractivity contribution is 0.713. The van der Waals surface area contributed by atoms with Crippen LogP contribution in [-0.4, -0.2) is 48.1 Å². The molecule has 0 fully saturated rings. The van der Waals surface area contributed by atoms with Crippen molar-refractivity contribution in [3.8, 4) is 11.9 Å². The van der Waals surface area contributed by atoms with Gasteiger partial charge in [0.05, 0.1) is 32.8 Å². The van der Waals surface area contributed by atoms with Gasteiger partial charge in [-0.25, -0.2) is 9.36 Å². The number of anilines is 2. The largest absolute Gasteiger partial charge is 0.329 e. The quantitative estimate of drug-likeness (QED) is 0.380. The average molecular weight is 510 g/mol. The Hall–Kier alpha value is -3.43. The fourth-order valence-electron chi connectivity index (χ4n) is 4.35. The molecule has 35 heavy (non-hydrogen) atoms. The van der Waals surface area contributed by atoms with Crippen LogP contribution in [-0.2, 0) is 0 Å². The number of halogens is 2. The Kier molecular flexibility index (Phi) is 5.77. The minimum absolute atomic E-state index is 0.423. The van der Waals surface area contributed by atoms with Crippen LogP contribution in [0.3, 0.4) is 0 Å². The number of benzene rings is 1. The molecule has 11 heteroatoms. The molecule has 180 valence electrons. The van der Waals surface area contributed by atoms with Crippen molar-refractivity contribution >= 4 is 40.7 Å². The third-order valence-corrected chi connectivity index (χ3v) is 6.61.